The molecule has 0 fully saturated rings. The third-order valence-electron chi connectivity index (χ3n) is 3.50. The number of aliphatic hydroxyl groups is 1. The third-order valence-corrected chi connectivity index (χ3v) is 3.50. The van der Waals surface area contributed by atoms with Gasteiger partial charge in [-0.25, -0.2) is 4.98 Å². The van der Waals surface area contributed by atoms with E-state index in [1.165, 1.54) is 0 Å². The number of hydrogen-bond donors (Lipinski definition) is 2. The van der Waals surface area contributed by atoms with E-state index in [-0.39, 0.29) is 12.7 Å². The van der Waals surface area contributed by atoms with Gasteiger partial charge in [-0.15, -0.1) is 0 Å². The summed E-state index contributed by atoms with van der Waals surface area (Å²) in [7, 11) is 0. The lowest BCUT2D eigenvalue weighted by Crippen LogP contribution is -2.29. The van der Waals surface area contributed by atoms with Gasteiger partial charge >= 0.3 is 0 Å². The van der Waals surface area contributed by atoms with Gasteiger partial charge in [0.15, 0.2) is 0 Å². The van der Waals surface area contributed by atoms with Crippen molar-refractivity contribution in [3.63, 3.8) is 0 Å². The molecule has 0 spiro atoms. The highest BCUT2D eigenvalue weighted by atomic mass is 16.5. The zero-order valence-electron chi connectivity index (χ0n) is 13.1. The predicted molar refractivity (Wildman–Crippen MR) is 83.3 cm³/mol. The van der Waals surface area contributed by atoms with Crippen LogP contribution in [0.25, 0.3) is 10.8 Å². The summed E-state index contributed by atoms with van der Waals surface area (Å²) in [6.07, 6.45) is 3.95. The molecule has 5 heteroatoms. The monoisotopic (exact) mass is 289 g/mol. The minimum atomic E-state index is -0.501. The number of nitrogens with two attached hydrogens (primary N) is 1. The van der Waals surface area contributed by atoms with Crippen molar-refractivity contribution in [3.8, 4) is 5.88 Å². The molecule has 0 aliphatic rings. The van der Waals surface area contributed by atoms with E-state index in [0.717, 1.165) is 22.0 Å². The summed E-state index contributed by atoms with van der Waals surface area (Å²) >= 11 is 0. The number of aliphatic hydroxyl groups excluding tert-OH is 1. The Bertz CT molecular complexity index is 631. The van der Waals surface area contributed by atoms with Gasteiger partial charge < -0.3 is 15.6 Å². The molecule has 0 aromatic carbocycles. The fourth-order valence-electron chi connectivity index (χ4n) is 2.23. The molecule has 0 aliphatic heterocycles. The van der Waals surface area contributed by atoms with Gasteiger partial charge in [-0.2, -0.15) is 0 Å². The molecule has 2 heterocycles. The SMILES string of the molecule is CCC(CO)Oc1ncc(C(C)(C)N)c2cc(C)ncc12. The van der Waals surface area contributed by atoms with Crippen molar-refractivity contribution < 1.29 is 9.84 Å². The smallest absolute Gasteiger partial charge is 0.223 e. The molecule has 0 aliphatic carbocycles. The number of aryl methyl sites for hydroxylation is 1. The summed E-state index contributed by atoms with van der Waals surface area (Å²) in [6, 6.07) is 1.99. The minimum absolute atomic E-state index is 0.0386. The van der Waals surface area contributed by atoms with E-state index in [9.17, 15) is 5.11 Å². The van der Waals surface area contributed by atoms with Crippen molar-refractivity contribution in [1.29, 1.82) is 0 Å². The summed E-state index contributed by atoms with van der Waals surface area (Å²) in [4.78, 5) is 8.71. The van der Waals surface area contributed by atoms with Crippen LogP contribution in [0, 0.1) is 6.92 Å². The lowest BCUT2D eigenvalue weighted by Gasteiger charge is -2.23. The van der Waals surface area contributed by atoms with E-state index < -0.39 is 5.54 Å². The van der Waals surface area contributed by atoms with Gasteiger partial charge in [0.05, 0.1) is 12.0 Å². The van der Waals surface area contributed by atoms with Crippen molar-refractivity contribution in [2.45, 2.75) is 45.8 Å². The average molecular weight is 289 g/mol. The largest absolute Gasteiger partial charge is 0.471 e. The van der Waals surface area contributed by atoms with E-state index in [1.807, 2.05) is 33.8 Å². The first kappa shape index (κ1) is 15.7. The number of hydrogen-bond acceptors (Lipinski definition) is 5. The summed E-state index contributed by atoms with van der Waals surface area (Å²) in [5.74, 6) is 0.492. The van der Waals surface area contributed by atoms with Crippen LogP contribution in [0.2, 0.25) is 0 Å². The molecule has 3 N–H and O–H groups in total. The minimum Gasteiger partial charge on any atom is -0.471 e. The Morgan fingerprint density at radius 2 is 2.00 bits per heavy atom. The van der Waals surface area contributed by atoms with Crippen LogP contribution in [0.5, 0.6) is 5.88 Å². The Labute approximate surface area is 125 Å². The standard InChI is InChI=1S/C16H23N3O2/c1-5-11(9-20)21-15-13-7-18-10(2)6-12(13)14(8-19-15)16(3,4)17/h6-8,11,20H,5,9,17H2,1-4H3. The van der Waals surface area contributed by atoms with E-state index in [1.54, 1.807) is 12.4 Å². The zero-order chi connectivity index (χ0) is 15.6. The van der Waals surface area contributed by atoms with Gasteiger partial charge in [-0.05, 0) is 44.2 Å². The van der Waals surface area contributed by atoms with Crippen molar-refractivity contribution in [3.05, 3.63) is 29.7 Å². The molecule has 0 saturated heterocycles. The summed E-state index contributed by atoms with van der Waals surface area (Å²) in [5.41, 5.74) is 7.60. The second-order valence-electron chi connectivity index (χ2n) is 5.90. The highest BCUT2D eigenvalue weighted by molar-refractivity contribution is 5.89. The molecule has 5 nitrogen and oxygen atoms in total. The van der Waals surface area contributed by atoms with Crippen molar-refractivity contribution in [1.82, 2.24) is 9.97 Å². The highest BCUT2D eigenvalue weighted by Crippen LogP contribution is 2.31. The number of rotatable bonds is 5. The van der Waals surface area contributed by atoms with Gasteiger partial charge in [0.1, 0.15) is 6.10 Å². The molecule has 2 aromatic rings. The van der Waals surface area contributed by atoms with Crippen molar-refractivity contribution in [2.75, 3.05) is 6.61 Å². The summed E-state index contributed by atoms with van der Waals surface area (Å²) < 4.78 is 5.79. The molecule has 21 heavy (non-hydrogen) atoms. The van der Waals surface area contributed by atoms with Crippen LogP contribution in [-0.4, -0.2) is 27.8 Å². The molecule has 0 bridgehead atoms. The van der Waals surface area contributed by atoms with E-state index in [0.29, 0.717) is 12.3 Å². The maximum Gasteiger partial charge on any atom is 0.223 e. The average Bonchev–Trinajstić information content (AvgIpc) is 2.42. The molecule has 1 unspecified atom stereocenters. The number of nitrogens with zero attached hydrogens (tertiary/aromatic N) is 2. The molecule has 1 atom stereocenters. The first-order valence-electron chi connectivity index (χ1n) is 7.19. The quantitative estimate of drug-likeness (QED) is 0.882. The third kappa shape index (κ3) is 3.31. The normalized spacial score (nSPS) is 13.4. The van der Waals surface area contributed by atoms with Crippen LogP contribution < -0.4 is 10.5 Å². The summed E-state index contributed by atoms with van der Waals surface area (Å²) in [6.45, 7) is 7.76. The topological polar surface area (TPSA) is 81.3 Å². The highest BCUT2D eigenvalue weighted by Gasteiger charge is 2.21. The molecule has 0 radical (unpaired) electrons. The molecule has 2 aromatic heterocycles. The number of fused-ring (bicyclic) bond motifs is 1. The number of aromatic nitrogens is 2. The first-order chi connectivity index (χ1) is 9.86. The van der Waals surface area contributed by atoms with E-state index in [2.05, 4.69) is 9.97 Å². The molecule has 0 saturated carbocycles. The van der Waals surface area contributed by atoms with Crippen LogP contribution in [0.15, 0.2) is 18.5 Å². The summed E-state index contributed by atoms with van der Waals surface area (Å²) in [5, 5.41) is 11.1. The Kier molecular flexibility index (Phi) is 4.44. The van der Waals surface area contributed by atoms with Gasteiger partial charge in [0, 0.05) is 23.6 Å². The second kappa shape index (κ2) is 5.95. The van der Waals surface area contributed by atoms with Crippen LogP contribution >= 0.6 is 0 Å². The van der Waals surface area contributed by atoms with Crippen molar-refractivity contribution >= 4 is 10.8 Å². The lowest BCUT2D eigenvalue weighted by atomic mass is 9.93. The Morgan fingerprint density at radius 3 is 2.57 bits per heavy atom. The van der Waals surface area contributed by atoms with Gasteiger partial charge in [0.2, 0.25) is 5.88 Å². The Balaban J connectivity index is 2.60. The van der Waals surface area contributed by atoms with Crippen LogP contribution in [0.1, 0.15) is 38.4 Å². The number of pyridine rings is 2. The molecular formula is C16H23N3O2. The van der Waals surface area contributed by atoms with Gasteiger partial charge in [0.25, 0.3) is 0 Å². The van der Waals surface area contributed by atoms with Gasteiger partial charge in [-0.1, -0.05) is 6.92 Å². The zero-order valence-corrected chi connectivity index (χ0v) is 13.1. The van der Waals surface area contributed by atoms with Crippen LogP contribution in [0.3, 0.4) is 0 Å². The predicted octanol–water partition coefficient (Wildman–Crippen LogP) is 2.28. The van der Waals surface area contributed by atoms with Gasteiger partial charge in [-0.3, -0.25) is 4.98 Å². The Morgan fingerprint density at radius 1 is 1.29 bits per heavy atom. The maximum atomic E-state index is 9.30. The van der Waals surface area contributed by atoms with Crippen LogP contribution in [0.4, 0.5) is 0 Å². The van der Waals surface area contributed by atoms with Crippen LogP contribution in [-0.2, 0) is 5.54 Å². The molecular weight excluding hydrogens is 266 g/mol. The fourth-order valence-corrected chi connectivity index (χ4v) is 2.23. The Hall–Kier alpha value is -1.72. The lowest BCUT2D eigenvalue weighted by molar-refractivity contribution is 0.110. The van der Waals surface area contributed by atoms with Crippen molar-refractivity contribution in [2.24, 2.45) is 5.73 Å². The fraction of sp³-hybridized carbons (Fsp3) is 0.500. The molecule has 114 valence electrons. The second-order valence-corrected chi connectivity index (χ2v) is 5.90. The number of ether oxygens (including phenoxy) is 1. The van der Waals surface area contributed by atoms with E-state index in [4.69, 9.17) is 10.5 Å². The maximum absolute atomic E-state index is 9.30. The van der Waals surface area contributed by atoms with E-state index >= 15 is 0 Å². The molecule has 2 rings (SSSR count). The molecule has 0 amide bonds. The first-order valence-corrected chi connectivity index (χ1v) is 7.19.